The lowest BCUT2D eigenvalue weighted by Crippen LogP contribution is -2.31. The van der Waals surface area contributed by atoms with Gasteiger partial charge in [0.2, 0.25) is 0 Å². The molecule has 0 fully saturated rings. The normalized spacial score (nSPS) is 30.0. The molecular weight excluding hydrogens is 106 g/mol. The minimum absolute atomic E-state index is 0.657. The van der Waals surface area contributed by atoms with Crippen molar-refractivity contribution in [1.82, 2.24) is 5.32 Å². The predicted molar refractivity (Wildman–Crippen MR) is 36.8 cm³/mol. The summed E-state index contributed by atoms with van der Waals surface area (Å²) < 4.78 is 0. The standard InChI is InChI=1S/C5H11NS/c1-3-7-4-6-5(7)2/h6H,3-4H2,1-2H3. The van der Waals surface area contributed by atoms with E-state index in [1.165, 1.54) is 16.6 Å². The summed E-state index contributed by atoms with van der Waals surface area (Å²) in [6.07, 6.45) is 0. The van der Waals surface area contributed by atoms with E-state index >= 15 is 0 Å². The van der Waals surface area contributed by atoms with Gasteiger partial charge in [-0.1, -0.05) is 6.92 Å². The zero-order chi connectivity index (χ0) is 5.28. The van der Waals surface area contributed by atoms with Gasteiger partial charge in [-0.2, -0.15) is 10.5 Å². The fraction of sp³-hybridized carbons (Fsp3) is 0.800. The van der Waals surface area contributed by atoms with Gasteiger partial charge in [0.1, 0.15) is 0 Å². The van der Waals surface area contributed by atoms with Crippen molar-refractivity contribution >= 4 is 15.5 Å². The van der Waals surface area contributed by atoms with Gasteiger partial charge in [0.25, 0.3) is 0 Å². The number of hydrogen-bond acceptors (Lipinski definition) is 1. The summed E-state index contributed by atoms with van der Waals surface area (Å²) in [4.78, 5) is 1.50. The second-order valence-corrected chi connectivity index (χ2v) is 4.12. The Kier molecular flexibility index (Phi) is 1.50. The molecule has 0 bridgehead atoms. The first-order valence-corrected chi connectivity index (χ1v) is 4.16. The summed E-state index contributed by atoms with van der Waals surface area (Å²) >= 11 is 0. The summed E-state index contributed by atoms with van der Waals surface area (Å²) in [5.74, 6) is 2.57. The summed E-state index contributed by atoms with van der Waals surface area (Å²) in [7, 11) is 0.657. The number of hydrogen-bond donors (Lipinski definition) is 1. The Hall–Kier alpha value is 0.180. The van der Waals surface area contributed by atoms with Crippen molar-refractivity contribution < 1.29 is 0 Å². The second kappa shape index (κ2) is 1.97. The third-order valence-electron chi connectivity index (χ3n) is 1.28. The Labute approximate surface area is 47.0 Å². The molecule has 1 atom stereocenters. The van der Waals surface area contributed by atoms with E-state index in [-0.39, 0.29) is 0 Å². The van der Waals surface area contributed by atoms with Crippen molar-refractivity contribution in [2.75, 3.05) is 11.6 Å². The van der Waals surface area contributed by atoms with Crippen molar-refractivity contribution in [1.29, 1.82) is 0 Å². The van der Waals surface area contributed by atoms with Gasteiger partial charge in [0.15, 0.2) is 0 Å². The molecular formula is C5H11NS. The van der Waals surface area contributed by atoms with Crippen LogP contribution in [0.3, 0.4) is 0 Å². The van der Waals surface area contributed by atoms with E-state index in [4.69, 9.17) is 0 Å². The smallest absolute Gasteiger partial charge is 0.0424 e. The van der Waals surface area contributed by atoms with Crippen LogP contribution in [0.25, 0.3) is 0 Å². The van der Waals surface area contributed by atoms with Crippen LogP contribution in [-0.2, 0) is 0 Å². The van der Waals surface area contributed by atoms with Crippen LogP contribution in [0, 0.1) is 0 Å². The molecule has 0 radical (unpaired) electrons. The van der Waals surface area contributed by atoms with Crippen LogP contribution >= 0.6 is 10.5 Å². The molecule has 0 saturated heterocycles. The van der Waals surface area contributed by atoms with Gasteiger partial charge in [0.05, 0.1) is 0 Å². The molecule has 7 heavy (non-hydrogen) atoms. The van der Waals surface area contributed by atoms with Crippen molar-refractivity contribution in [3.05, 3.63) is 0 Å². The van der Waals surface area contributed by atoms with E-state index in [1.807, 2.05) is 0 Å². The highest BCUT2D eigenvalue weighted by Gasteiger charge is 2.05. The average molecular weight is 117 g/mol. The zero-order valence-corrected chi connectivity index (χ0v) is 5.64. The first-order chi connectivity index (χ1) is 3.34. The Bertz CT molecular complexity index is 107. The van der Waals surface area contributed by atoms with Crippen LogP contribution < -0.4 is 5.32 Å². The highest BCUT2D eigenvalue weighted by Crippen LogP contribution is 2.17. The van der Waals surface area contributed by atoms with Gasteiger partial charge in [-0.3, -0.25) is 5.32 Å². The van der Waals surface area contributed by atoms with E-state index in [0.29, 0.717) is 10.5 Å². The first-order valence-electron chi connectivity index (χ1n) is 2.59. The van der Waals surface area contributed by atoms with Gasteiger partial charge >= 0.3 is 0 Å². The van der Waals surface area contributed by atoms with Crippen molar-refractivity contribution in [2.45, 2.75) is 13.8 Å². The predicted octanol–water partition coefficient (Wildman–Crippen LogP) is 0.986. The maximum Gasteiger partial charge on any atom is 0.0424 e. The van der Waals surface area contributed by atoms with Crippen LogP contribution in [0.2, 0.25) is 0 Å². The monoisotopic (exact) mass is 117 g/mol. The van der Waals surface area contributed by atoms with Gasteiger partial charge in [0, 0.05) is 10.9 Å². The molecule has 1 aliphatic heterocycles. The lowest BCUT2D eigenvalue weighted by Gasteiger charge is -2.22. The molecule has 0 amide bonds. The molecule has 1 aliphatic rings. The van der Waals surface area contributed by atoms with Gasteiger partial charge < -0.3 is 0 Å². The molecule has 0 saturated carbocycles. The maximum absolute atomic E-state index is 3.24. The van der Waals surface area contributed by atoms with E-state index in [2.05, 4.69) is 19.2 Å². The van der Waals surface area contributed by atoms with Crippen LogP contribution in [0.4, 0.5) is 0 Å². The Morgan fingerprint density at radius 2 is 2.57 bits per heavy atom. The van der Waals surface area contributed by atoms with E-state index in [0.717, 1.165) is 0 Å². The molecule has 0 aromatic rings. The summed E-state index contributed by atoms with van der Waals surface area (Å²) in [6, 6.07) is 0. The highest BCUT2D eigenvalue weighted by molar-refractivity contribution is 8.17. The molecule has 1 rings (SSSR count). The molecule has 0 aliphatic carbocycles. The van der Waals surface area contributed by atoms with Crippen LogP contribution in [-0.4, -0.2) is 16.6 Å². The van der Waals surface area contributed by atoms with E-state index < -0.39 is 0 Å². The lowest BCUT2D eigenvalue weighted by molar-refractivity contribution is 1.11. The van der Waals surface area contributed by atoms with E-state index in [1.54, 1.807) is 0 Å². The quantitative estimate of drug-likeness (QED) is 0.505. The van der Waals surface area contributed by atoms with E-state index in [9.17, 15) is 0 Å². The van der Waals surface area contributed by atoms with Crippen LogP contribution in [0.15, 0.2) is 0 Å². The molecule has 1 nitrogen and oxygen atoms in total. The van der Waals surface area contributed by atoms with Gasteiger partial charge in [-0.25, -0.2) is 0 Å². The fourth-order valence-corrected chi connectivity index (χ4v) is 1.91. The molecule has 0 aromatic carbocycles. The number of nitrogens with one attached hydrogen (secondary N) is 1. The summed E-state index contributed by atoms with van der Waals surface area (Å²) in [5, 5.41) is 3.24. The Morgan fingerprint density at radius 3 is 2.57 bits per heavy atom. The third kappa shape index (κ3) is 0.864. The van der Waals surface area contributed by atoms with Gasteiger partial charge in [-0.15, -0.1) is 0 Å². The first kappa shape index (κ1) is 5.32. The maximum atomic E-state index is 3.24. The van der Waals surface area contributed by atoms with Crippen LogP contribution in [0.1, 0.15) is 13.8 Å². The van der Waals surface area contributed by atoms with Crippen molar-refractivity contribution in [3.8, 4) is 0 Å². The SMILES string of the molecule is CCS1=C(C)NC1. The number of rotatable bonds is 1. The lowest BCUT2D eigenvalue weighted by atomic mass is 10.8. The summed E-state index contributed by atoms with van der Waals surface area (Å²) in [6.45, 7) is 4.42. The molecule has 1 unspecified atom stereocenters. The van der Waals surface area contributed by atoms with Crippen molar-refractivity contribution in [2.24, 2.45) is 0 Å². The average Bonchev–Trinajstić information content (AvgIpc) is 1.65. The topological polar surface area (TPSA) is 12.0 Å². The molecule has 0 spiro atoms. The van der Waals surface area contributed by atoms with Gasteiger partial charge in [-0.05, 0) is 12.7 Å². The molecule has 1 heterocycles. The minimum atomic E-state index is 0.657. The van der Waals surface area contributed by atoms with Crippen molar-refractivity contribution in [3.63, 3.8) is 0 Å². The fourth-order valence-electron chi connectivity index (χ4n) is 0.637. The molecule has 2 heteroatoms. The Morgan fingerprint density at radius 1 is 1.86 bits per heavy atom. The minimum Gasteiger partial charge on any atom is -0.279 e. The molecule has 0 aromatic heterocycles. The molecule has 42 valence electrons. The van der Waals surface area contributed by atoms with Crippen LogP contribution in [0.5, 0.6) is 0 Å². The largest absolute Gasteiger partial charge is 0.279 e. The zero-order valence-electron chi connectivity index (χ0n) is 4.82. The highest BCUT2D eigenvalue weighted by atomic mass is 32.2. The molecule has 1 N–H and O–H groups in total. The summed E-state index contributed by atoms with van der Waals surface area (Å²) in [5.41, 5.74) is 0. The Balaban J connectivity index is 2.53. The second-order valence-electron chi connectivity index (χ2n) is 1.66. The third-order valence-corrected chi connectivity index (χ3v) is 3.48.